The van der Waals surface area contributed by atoms with E-state index in [0.29, 0.717) is 23.9 Å². The molecular weight excluding hydrogens is 333 g/mol. The number of nitrogens with one attached hydrogen (secondary N) is 1. The lowest BCUT2D eigenvalue weighted by Crippen LogP contribution is -2.17. The monoisotopic (exact) mass is 349 g/mol. The third-order valence-electron chi connectivity index (χ3n) is 3.49. The van der Waals surface area contributed by atoms with Crippen LogP contribution in [-0.2, 0) is 16.6 Å². The molecule has 24 heavy (non-hydrogen) atoms. The van der Waals surface area contributed by atoms with Crippen molar-refractivity contribution in [3.8, 4) is 0 Å². The van der Waals surface area contributed by atoms with E-state index in [4.69, 9.17) is 4.42 Å². The van der Waals surface area contributed by atoms with Gasteiger partial charge in [-0.25, -0.2) is 17.5 Å². The Morgan fingerprint density at radius 2 is 1.92 bits per heavy atom. The summed E-state index contributed by atoms with van der Waals surface area (Å²) in [6, 6.07) is 8.97. The van der Waals surface area contributed by atoms with Crippen LogP contribution in [0.3, 0.4) is 0 Å². The standard InChI is InChI=1S/C16H16FN3O3S/c1-11-9-15(12(2)23-11)24(21,22)19-16-7-8-18-20(16)10-13-3-5-14(17)6-4-13/h3-9,19H,10H2,1-2H3. The van der Waals surface area contributed by atoms with E-state index in [1.54, 1.807) is 32.0 Å². The molecule has 0 bridgehead atoms. The molecule has 0 atom stereocenters. The molecule has 2 heterocycles. The number of aromatic nitrogens is 2. The van der Waals surface area contributed by atoms with Gasteiger partial charge in [0.15, 0.2) is 0 Å². The zero-order valence-corrected chi connectivity index (χ0v) is 14.0. The Balaban J connectivity index is 1.85. The second-order valence-electron chi connectivity index (χ2n) is 5.38. The first-order valence-electron chi connectivity index (χ1n) is 7.21. The summed E-state index contributed by atoms with van der Waals surface area (Å²) in [5, 5.41) is 4.11. The molecule has 2 aromatic heterocycles. The van der Waals surface area contributed by atoms with E-state index in [-0.39, 0.29) is 10.7 Å². The number of hydrogen-bond acceptors (Lipinski definition) is 4. The van der Waals surface area contributed by atoms with Crippen molar-refractivity contribution in [3.05, 3.63) is 65.5 Å². The van der Waals surface area contributed by atoms with Gasteiger partial charge in [0.05, 0.1) is 12.7 Å². The molecule has 0 saturated carbocycles. The minimum absolute atomic E-state index is 0.0922. The molecule has 0 radical (unpaired) electrons. The van der Waals surface area contributed by atoms with Crippen LogP contribution in [0.1, 0.15) is 17.1 Å². The van der Waals surface area contributed by atoms with E-state index in [1.165, 1.54) is 29.1 Å². The number of furan rings is 1. The summed E-state index contributed by atoms with van der Waals surface area (Å²) >= 11 is 0. The number of halogens is 1. The Bertz CT molecular complexity index is 959. The quantitative estimate of drug-likeness (QED) is 0.768. The van der Waals surface area contributed by atoms with Crippen molar-refractivity contribution in [2.45, 2.75) is 25.3 Å². The molecule has 0 fully saturated rings. The molecule has 6 nitrogen and oxygen atoms in total. The van der Waals surface area contributed by atoms with Crippen molar-refractivity contribution in [2.24, 2.45) is 0 Å². The highest BCUT2D eigenvalue weighted by atomic mass is 32.2. The average Bonchev–Trinajstić information content (AvgIpc) is 3.08. The van der Waals surface area contributed by atoms with Crippen molar-refractivity contribution >= 4 is 15.8 Å². The van der Waals surface area contributed by atoms with Crippen LogP contribution in [0.5, 0.6) is 0 Å². The first-order valence-corrected chi connectivity index (χ1v) is 8.69. The summed E-state index contributed by atoms with van der Waals surface area (Å²) in [5.74, 6) is 0.834. The van der Waals surface area contributed by atoms with Gasteiger partial charge in [-0.2, -0.15) is 5.10 Å². The van der Waals surface area contributed by atoms with Crippen molar-refractivity contribution < 1.29 is 17.2 Å². The predicted molar refractivity (Wildman–Crippen MR) is 86.7 cm³/mol. The molecule has 0 aliphatic carbocycles. The van der Waals surface area contributed by atoms with Gasteiger partial charge in [-0.15, -0.1) is 0 Å². The lowest BCUT2D eigenvalue weighted by molar-refractivity contribution is 0.496. The van der Waals surface area contributed by atoms with Crippen molar-refractivity contribution in [2.75, 3.05) is 4.72 Å². The van der Waals surface area contributed by atoms with Crippen LogP contribution >= 0.6 is 0 Å². The zero-order chi connectivity index (χ0) is 17.3. The number of benzene rings is 1. The molecule has 126 valence electrons. The largest absolute Gasteiger partial charge is 0.465 e. The summed E-state index contributed by atoms with van der Waals surface area (Å²) < 4.78 is 47.3. The number of aryl methyl sites for hydroxylation is 2. The van der Waals surface area contributed by atoms with Gasteiger partial charge in [0.25, 0.3) is 10.0 Å². The van der Waals surface area contributed by atoms with Gasteiger partial charge in [-0.1, -0.05) is 12.1 Å². The topological polar surface area (TPSA) is 77.1 Å². The molecule has 0 aliphatic heterocycles. The van der Waals surface area contributed by atoms with Crippen LogP contribution < -0.4 is 4.72 Å². The molecule has 1 N–H and O–H groups in total. The molecule has 0 unspecified atom stereocenters. The highest BCUT2D eigenvalue weighted by molar-refractivity contribution is 7.92. The van der Waals surface area contributed by atoms with Crippen LogP contribution in [0.15, 0.2) is 51.9 Å². The Hall–Kier alpha value is -2.61. The first-order chi connectivity index (χ1) is 11.3. The maximum Gasteiger partial charge on any atom is 0.266 e. The molecular formula is C16H16FN3O3S. The Kier molecular flexibility index (Phi) is 4.15. The highest BCUT2D eigenvalue weighted by Crippen LogP contribution is 2.22. The number of hydrogen-bond donors (Lipinski definition) is 1. The maximum atomic E-state index is 13.0. The Morgan fingerprint density at radius 3 is 2.54 bits per heavy atom. The summed E-state index contributed by atoms with van der Waals surface area (Å²) in [6.45, 7) is 3.59. The minimum atomic E-state index is -3.78. The number of rotatable bonds is 5. The maximum absolute atomic E-state index is 13.0. The fourth-order valence-electron chi connectivity index (χ4n) is 2.38. The summed E-state index contributed by atoms with van der Waals surface area (Å²) in [5.41, 5.74) is 0.802. The Labute approximate surface area is 139 Å². The lowest BCUT2D eigenvalue weighted by Gasteiger charge is -2.10. The Morgan fingerprint density at radius 1 is 1.21 bits per heavy atom. The van der Waals surface area contributed by atoms with Crippen molar-refractivity contribution in [1.82, 2.24) is 9.78 Å². The minimum Gasteiger partial charge on any atom is -0.465 e. The molecule has 0 spiro atoms. The number of nitrogens with zero attached hydrogens (tertiary/aromatic N) is 2. The molecule has 3 aromatic rings. The van der Waals surface area contributed by atoms with Gasteiger partial charge in [-0.3, -0.25) is 4.72 Å². The third kappa shape index (κ3) is 3.33. The second-order valence-corrected chi connectivity index (χ2v) is 7.03. The van der Waals surface area contributed by atoms with Crippen molar-refractivity contribution in [3.63, 3.8) is 0 Å². The summed E-state index contributed by atoms with van der Waals surface area (Å²) in [6.07, 6.45) is 1.49. The molecule has 0 aliphatic rings. The third-order valence-corrected chi connectivity index (χ3v) is 4.95. The van der Waals surface area contributed by atoms with E-state index >= 15 is 0 Å². The van der Waals surface area contributed by atoms with Crippen LogP contribution in [0.4, 0.5) is 10.2 Å². The van der Waals surface area contributed by atoms with Gasteiger partial charge in [0, 0.05) is 12.1 Å². The predicted octanol–water partition coefficient (Wildman–Crippen LogP) is 3.08. The molecule has 3 rings (SSSR count). The molecule has 1 aromatic carbocycles. The van der Waals surface area contributed by atoms with Crippen LogP contribution in [0, 0.1) is 19.7 Å². The van der Waals surface area contributed by atoms with Crippen LogP contribution in [0.25, 0.3) is 0 Å². The fourth-order valence-corrected chi connectivity index (χ4v) is 3.67. The number of anilines is 1. The SMILES string of the molecule is Cc1cc(S(=O)(=O)Nc2ccnn2Cc2ccc(F)cc2)c(C)o1. The van der Waals surface area contributed by atoms with E-state index in [1.807, 2.05) is 0 Å². The first kappa shape index (κ1) is 16.3. The highest BCUT2D eigenvalue weighted by Gasteiger charge is 2.22. The lowest BCUT2D eigenvalue weighted by atomic mass is 10.2. The summed E-state index contributed by atoms with van der Waals surface area (Å²) in [4.78, 5) is 0.0922. The molecule has 8 heteroatoms. The number of sulfonamides is 1. The van der Waals surface area contributed by atoms with Gasteiger partial charge in [-0.05, 0) is 31.5 Å². The second kappa shape index (κ2) is 6.12. The van der Waals surface area contributed by atoms with Crippen LogP contribution in [-0.4, -0.2) is 18.2 Å². The average molecular weight is 349 g/mol. The van der Waals surface area contributed by atoms with E-state index in [2.05, 4.69) is 9.82 Å². The normalized spacial score (nSPS) is 11.6. The van der Waals surface area contributed by atoms with Gasteiger partial charge in [0.2, 0.25) is 0 Å². The smallest absolute Gasteiger partial charge is 0.266 e. The van der Waals surface area contributed by atoms with E-state index < -0.39 is 10.0 Å². The van der Waals surface area contributed by atoms with Crippen LogP contribution in [0.2, 0.25) is 0 Å². The molecule has 0 saturated heterocycles. The van der Waals surface area contributed by atoms with Crippen molar-refractivity contribution in [1.29, 1.82) is 0 Å². The zero-order valence-electron chi connectivity index (χ0n) is 13.2. The van der Waals surface area contributed by atoms with E-state index in [9.17, 15) is 12.8 Å². The van der Waals surface area contributed by atoms with Gasteiger partial charge in [0.1, 0.15) is 28.1 Å². The van der Waals surface area contributed by atoms with E-state index in [0.717, 1.165) is 5.56 Å². The van der Waals surface area contributed by atoms with Gasteiger partial charge >= 0.3 is 0 Å². The summed E-state index contributed by atoms with van der Waals surface area (Å²) in [7, 11) is -3.78. The fraction of sp³-hybridized carbons (Fsp3) is 0.188. The van der Waals surface area contributed by atoms with Gasteiger partial charge < -0.3 is 4.42 Å². The molecule has 0 amide bonds.